The van der Waals surface area contributed by atoms with Gasteiger partial charge in [-0.05, 0) is 44.1 Å². The van der Waals surface area contributed by atoms with Crippen LogP contribution in [-0.2, 0) is 13.0 Å². The zero-order chi connectivity index (χ0) is 15.2. The number of hydrogen-bond acceptors (Lipinski definition) is 3. The highest BCUT2D eigenvalue weighted by molar-refractivity contribution is 5.74. The van der Waals surface area contributed by atoms with Crippen LogP contribution < -0.4 is 5.56 Å². The number of unbranched alkanes of at least 4 members (excludes halogenated alkanes) is 2. The van der Waals surface area contributed by atoms with Crippen molar-refractivity contribution in [1.29, 1.82) is 0 Å². The van der Waals surface area contributed by atoms with Crippen LogP contribution in [0.5, 0.6) is 0 Å². The lowest BCUT2D eigenvalue weighted by atomic mass is 10.1. The molecule has 21 heavy (non-hydrogen) atoms. The third-order valence-corrected chi connectivity index (χ3v) is 3.80. The fourth-order valence-electron chi connectivity index (χ4n) is 2.54. The average Bonchev–Trinajstić information content (AvgIpc) is 2.46. The molecule has 114 valence electrons. The predicted octanol–water partition coefficient (Wildman–Crippen LogP) is 3.11. The number of aromatic nitrogens is 2. The van der Waals surface area contributed by atoms with Crippen molar-refractivity contribution in [1.82, 2.24) is 14.9 Å². The van der Waals surface area contributed by atoms with E-state index in [0.29, 0.717) is 0 Å². The highest BCUT2D eigenvalue weighted by Crippen LogP contribution is 2.12. The molecule has 0 spiro atoms. The second-order valence-corrected chi connectivity index (χ2v) is 5.70. The monoisotopic (exact) mass is 287 g/mol. The SMILES string of the molecule is CCCCCN(C)Cc1cnc2cc(CC)c(=O)[nH]c2c1. The molecular weight excluding hydrogens is 262 g/mol. The number of hydrogen-bond donors (Lipinski definition) is 1. The van der Waals surface area contributed by atoms with E-state index in [1.165, 1.54) is 19.3 Å². The van der Waals surface area contributed by atoms with Crippen molar-refractivity contribution in [3.8, 4) is 0 Å². The van der Waals surface area contributed by atoms with Gasteiger partial charge in [-0.15, -0.1) is 0 Å². The lowest BCUT2D eigenvalue weighted by Gasteiger charge is -2.16. The Kier molecular flexibility index (Phi) is 5.51. The van der Waals surface area contributed by atoms with Crippen molar-refractivity contribution in [2.75, 3.05) is 13.6 Å². The van der Waals surface area contributed by atoms with Crippen molar-refractivity contribution in [2.24, 2.45) is 0 Å². The van der Waals surface area contributed by atoms with E-state index in [1.807, 2.05) is 25.3 Å². The van der Waals surface area contributed by atoms with Gasteiger partial charge in [-0.2, -0.15) is 0 Å². The minimum absolute atomic E-state index is 0.000232. The molecule has 0 aliphatic heterocycles. The summed E-state index contributed by atoms with van der Waals surface area (Å²) in [6, 6.07) is 3.93. The molecule has 0 saturated heterocycles. The van der Waals surface area contributed by atoms with Crippen molar-refractivity contribution < 1.29 is 0 Å². The quantitative estimate of drug-likeness (QED) is 0.796. The number of aryl methyl sites for hydroxylation is 1. The molecule has 0 aliphatic rings. The smallest absolute Gasteiger partial charge is 0.251 e. The number of nitrogens with one attached hydrogen (secondary N) is 1. The van der Waals surface area contributed by atoms with Gasteiger partial charge in [-0.25, -0.2) is 0 Å². The first-order chi connectivity index (χ1) is 10.1. The summed E-state index contributed by atoms with van der Waals surface area (Å²) in [5.41, 5.74) is 3.63. The Morgan fingerprint density at radius 3 is 2.76 bits per heavy atom. The Bertz CT molecular complexity index is 648. The Morgan fingerprint density at radius 2 is 2.05 bits per heavy atom. The zero-order valence-corrected chi connectivity index (χ0v) is 13.3. The number of fused-ring (bicyclic) bond motifs is 1. The topological polar surface area (TPSA) is 49.0 Å². The van der Waals surface area contributed by atoms with Crippen LogP contribution in [0.25, 0.3) is 11.0 Å². The number of rotatable bonds is 7. The second kappa shape index (κ2) is 7.36. The van der Waals surface area contributed by atoms with Gasteiger partial charge >= 0.3 is 0 Å². The van der Waals surface area contributed by atoms with Crippen LogP contribution in [0.4, 0.5) is 0 Å². The maximum Gasteiger partial charge on any atom is 0.251 e. The standard InChI is InChI=1S/C17H25N3O/c1-4-6-7-8-20(3)12-13-9-16-15(18-11-13)10-14(5-2)17(21)19-16/h9-11H,4-8,12H2,1-3H3,(H,19,21). The molecule has 2 aromatic heterocycles. The average molecular weight is 287 g/mol. The van der Waals surface area contributed by atoms with Gasteiger partial charge in [0, 0.05) is 18.3 Å². The number of pyridine rings is 2. The lowest BCUT2D eigenvalue weighted by molar-refractivity contribution is 0.318. The summed E-state index contributed by atoms with van der Waals surface area (Å²) in [7, 11) is 2.13. The minimum atomic E-state index is 0.000232. The first-order valence-electron chi connectivity index (χ1n) is 7.83. The molecule has 0 atom stereocenters. The molecule has 0 unspecified atom stereocenters. The van der Waals surface area contributed by atoms with Gasteiger partial charge < -0.3 is 9.88 Å². The molecule has 2 rings (SSSR count). The van der Waals surface area contributed by atoms with Gasteiger partial charge in [0.1, 0.15) is 0 Å². The Labute approximate surface area is 126 Å². The Morgan fingerprint density at radius 1 is 1.24 bits per heavy atom. The van der Waals surface area contributed by atoms with Gasteiger partial charge in [0.05, 0.1) is 11.0 Å². The van der Waals surface area contributed by atoms with E-state index in [4.69, 9.17) is 0 Å². The third kappa shape index (κ3) is 4.14. The van der Waals surface area contributed by atoms with E-state index in [-0.39, 0.29) is 5.56 Å². The van der Waals surface area contributed by atoms with Crippen molar-refractivity contribution in [2.45, 2.75) is 46.1 Å². The lowest BCUT2D eigenvalue weighted by Crippen LogP contribution is -2.19. The summed E-state index contributed by atoms with van der Waals surface area (Å²) < 4.78 is 0. The van der Waals surface area contributed by atoms with Crippen molar-refractivity contribution >= 4 is 11.0 Å². The van der Waals surface area contributed by atoms with Gasteiger partial charge in [-0.1, -0.05) is 26.7 Å². The summed E-state index contributed by atoms with van der Waals surface area (Å²) in [4.78, 5) is 21.6. The third-order valence-electron chi connectivity index (χ3n) is 3.80. The predicted molar refractivity (Wildman–Crippen MR) is 87.6 cm³/mol. The van der Waals surface area contributed by atoms with Crippen molar-refractivity contribution in [3.05, 3.63) is 39.8 Å². The number of nitrogens with zero attached hydrogens (tertiary/aromatic N) is 2. The normalized spacial score (nSPS) is 11.4. The number of H-pyrrole nitrogens is 1. The van der Waals surface area contributed by atoms with Gasteiger partial charge in [0.2, 0.25) is 0 Å². The first-order valence-corrected chi connectivity index (χ1v) is 7.83. The van der Waals surface area contributed by atoms with E-state index in [1.54, 1.807) is 0 Å². The van der Waals surface area contributed by atoms with Crippen LogP contribution >= 0.6 is 0 Å². The molecule has 0 fully saturated rings. The molecule has 0 radical (unpaired) electrons. The summed E-state index contributed by atoms with van der Waals surface area (Å²) >= 11 is 0. The van der Waals surface area contributed by atoms with E-state index in [9.17, 15) is 4.79 Å². The molecule has 2 aromatic rings. The summed E-state index contributed by atoms with van der Waals surface area (Å²) in [5, 5.41) is 0. The number of aromatic amines is 1. The molecular formula is C17H25N3O. The summed E-state index contributed by atoms with van der Waals surface area (Å²) in [5.74, 6) is 0. The molecule has 2 heterocycles. The zero-order valence-electron chi connectivity index (χ0n) is 13.3. The van der Waals surface area contributed by atoms with Gasteiger partial charge in [0.25, 0.3) is 5.56 Å². The van der Waals surface area contributed by atoms with Crippen LogP contribution in [0, 0.1) is 0 Å². The van der Waals surface area contributed by atoms with Crippen LogP contribution in [0.2, 0.25) is 0 Å². The molecule has 0 aliphatic carbocycles. The summed E-state index contributed by atoms with van der Waals surface area (Å²) in [6.45, 7) is 6.16. The Balaban J connectivity index is 2.13. The van der Waals surface area contributed by atoms with E-state index < -0.39 is 0 Å². The fraction of sp³-hybridized carbons (Fsp3) is 0.529. The maximum atomic E-state index is 11.9. The summed E-state index contributed by atoms with van der Waals surface area (Å²) in [6.07, 6.45) is 6.38. The molecule has 4 heteroatoms. The maximum absolute atomic E-state index is 11.9. The minimum Gasteiger partial charge on any atom is -0.320 e. The largest absolute Gasteiger partial charge is 0.320 e. The highest BCUT2D eigenvalue weighted by atomic mass is 16.1. The molecule has 0 amide bonds. The molecule has 0 bridgehead atoms. The van der Waals surface area contributed by atoms with Crippen LogP contribution in [-0.4, -0.2) is 28.5 Å². The van der Waals surface area contributed by atoms with E-state index in [0.717, 1.165) is 41.7 Å². The van der Waals surface area contributed by atoms with Gasteiger partial charge in [-0.3, -0.25) is 9.78 Å². The van der Waals surface area contributed by atoms with Crippen LogP contribution in [0.1, 0.15) is 44.2 Å². The Hall–Kier alpha value is -1.68. The molecule has 0 aromatic carbocycles. The fourth-order valence-corrected chi connectivity index (χ4v) is 2.54. The van der Waals surface area contributed by atoms with E-state index in [2.05, 4.69) is 28.8 Å². The second-order valence-electron chi connectivity index (χ2n) is 5.70. The molecule has 4 nitrogen and oxygen atoms in total. The van der Waals surface area contributed by atoms with Crippen LogP contribution in [0.3, 0.4) is 0 Å². The molecule has 0 saturated carbocycles. The molecule has 1 N–H and O–H groups in total. The first kappa shape index (κ1) is 15.7. The van der Waals surface area contributed by atoms with Gasteiger partial charge in [0.15, 0.2) is 0 Å². The van der Waals surface area contributed by atoms with Crippen LogP contribution in [0.15, 0.2) is 23.1 Å². The highest BCUT2D eigenvalue weighted by Gasteiger charge is 2.05. The van der Waals surface area contributed by atoms with Crippen molar-refractivity contribution in [3.63, 3.8) is 0 Å². The van der Waals surface area contributed by atoms with E-state index >= 15 is 0 Å².